The van der Waals surface area contributed by atoms with Gasteiger partial charge in [0.25, 0.3) is 0 Å². The van der Waals surface area contributed by atoms with Gasteiger partial charge in [-0.3, -0.25) is 0 Å². The lowest BCUT2D eigenvalue weighted by Crippen LogP contribution is -2.30. The first-order valence-corrected chi connectivity index (χ1v) is 8.66. The lowest BCUT2D eigenvalue weighted by Gasteiger charge is -2.15. The number of halogens is 4. The maximum Gasteiger partial charge on any atom is 0.419 e. The van der Waals surface area contributed by atoms with Crippen LogP contribution in [0.1, 0.15) is 18.2 Å². The number of benzene rings is 1. The number of pyridine rings is 1. The average Bonchev–Trinajstić information content (AvgIpc) is 2.67. The Bertz CT molecular complexity index is 896. The van der Waals surface area contributed by atoms with Crippen LogP contribution in [0.25, 0.3) is 0 Å². The van der Waals surface area contributed by atoms with Crippen LogP contribution < -0.4 is 15.5 Å². The van der Waals surface area contributed by atoms with Gasteiger partial charge in [-0.25, -0.2) is 14.2 Å². The van der Waals surface area contributed by atoms with Crippen LogP contribution in [-0.4, -0.2) is 17.6 Å². The van der Waals surface area contributed by atoms with Crippen molar-refractivity contribution in [2.24, 2.45) is 0 Å². The summed E-state index contributed by atoms with van der Waals surface area (Å²) in [4.78, 5) is 18.1. The third-order valence-corrected chi connectivity index (χ3v) is 3.76. The highest BCUT2D eigenvalue weighted by Gasteiger charge is 2.34. The first-order chi connectivity index (χ1) is 13.7. The number of aromatic nitrogens is 1. The Hall–Kier alpha value is -3.36. The second kappa shape index (κ2) is 9.72. The van der Waals surface area contributed by atoms with E-state index in [-0.39, 0.29) is 12.2 Å². The number of hydrogen-bond donors (Lipinski definition) is 2. The zero-order valence-electron chi connectivity index (χ0n) is 15.6. The molecule has 0 saturated carbocycles. The number of alkyl halides is 3. The van der Waals surface area contributed by atoms with Crippen molar-refractivity contribution in [2.75, 3.05) is 16.8 Å². The average molecular weight is 408 g/mol. The molecule has 0 aliphatic heterocycles. The number of carbonyl (C=O) groups is 1. The molecular weight excluding hydrogens is 388 g/mol. The van der Waals surface area contributed by atoms with Gasteiger partial charge in [-0.1, -0.05) is 18.7 Å². The molecule has 2 amide bonds. The molecule has 29 heavy (non-hydrogen) atoms. The van der Waals surface area contributed by atoms with Gasteiger partial charge in [0.05, 0.1) is 5.56 Å². The number of nitrogens with zero attached hydrogens (tertiary/aromatic N) is 2. The fraction of sp³-hybridized carbons (Fsp3) is 0.200. The molecule has 1 aromatic carbocycles. The molecule has 5 nitrogen and oxygen atoms in total. The third-order valence-electron chi connectivity index (χ3n) is 3.76. The molecule has 0 fully saturated rings. The number of urea groups is 1. The predicted molar refractivity (Wildman–Crippen MR) is 104 cm³/mol. The maximum atomic E-state index is 13.3. The molecule has 0 aliphatic carbocycles. The maximum absolute atomic E-state index is 13.3. The summed E-state index contributed by atoms with van der Waals surface area (Å²) in [5, 5.41) is 4.78. The molecule has 0 atom stereocenters. The Kier molecular flexibility index (Phi) is 7.35. The quantitative estimate of drug-likeness (QED) is 0.628. The molecule has 1 heterocycles. The second-order valence-corrected chi connectivity index (χ2v) is 5.88. The summed E-state index contributed by atoms with van der Waals surface area (Å²) in [7, 11) is 0. The van der Waals surface area contributed by atoms with E-state index in [1.807, 2.05) is 19.1 Å². The van der Waals surface area contributed by atoms with E-state index in [1.165, 1.54) is 0 Å². The topological polar surface area (TPSA) is 57.3 Å². The molecule has 2 rings (SSSR count). The van der Waals surface area contributed by atoms with E-state index >= 15 is 0 Å². The van der Waals surface area contributed by atoms with Crippen LogP contribution in [0.5, 0.6) is 0 Å². The van der Waals surface area contributed by atoms with Crippen LogP contribution in [0, 0.1) is 5.82 Å². The van der Waals surface area contributed by atoms with Gasteiger partial charge in [0.15, 0.2) is 0 Å². The van der Waals surface area contributed by atoms with E-state index in [4.69, 9.17) is 0 Å². The van der Waals surface area contributed by atoms with Gasteiger partial charge in [-0.15, -0.1) is 0 Å². The molecule has 0 aliphatic rings. The Morgan fingerprint density at radius 2 is 2.03 bits per heavy atom. The molecule has 0 radical (unpaired) electrons. The molecule has 2 N–H and O–H groups in total. The smallest absolute Gasteiger partial charge is 0.337 e. The van der Waals surface area contributed by atoms with E-state index in [2.05, 4.69) is 22.2 Å². The number of carbonyl (C=O) groups excluding carboxylic acids is 1. The molecule has 2 aromatic rings. The van der Waals surface area contributed by atoms with Crippen LogP contribution in [-0.2, 0) is 12.6 Å². The Labute approximate surface area is 165 Å². The van der Waals surface area contributed by atoms with Crippen molar-refractivity contribution in [3.05, 3.63) is 78.5 Å². The molecule has 0 spiro atoms. The van der Waals surface area contributed by atoms with Crippen LogP contribution in [0.15, 0.2) is 61.5 Å². The normalized spacial score (nSPS) is 11.3. The lowest BCUT2D eigenvalue weighted by atomic mass is 10.2. The molecule has 154 valence electrons. The Morgan fingerprint density at radius 1 is 1.28 bits per heavy atom. The lowest BCUT2D eigenvalue weighted by molar-refractivity contribution is -0.139. The van der Waals surface area contributed by atoms with Crippen molar-refractivity contribution in [1.29, 1.82) is 0 Å². The fourth-order valence-corrected chi connectivity index (χ4v) is 2.44. The predicted octanol–water partition coefficient (Wildman–Crippen LogP) is 5.09. The number of anilines is 2. The summed E-state index contributed by atoms with van der Waals surface area (Å²) in [6, 6.07) is 6.96. The monoisotopic (exact) mass is 408 g/mol. The molecule has 0 bridgehead atoms. The zero-order chi connectivity index (χ0) is 21.4. The SMILES string of the molecule is C=CN(C=CC)c1cccc(CCNC(=O)Nc2ccc(F)c(C(F)(F)F)c2)n1. The summed E-state index contributed by atoms with van der Waals surface area (Å²) in [5.74, 6) is -0.744. The largest absolute Gasteiger partial charge is 0.419 e. The van der Waals surface area contributed by atoms with Crippen molar-refractivity contribution in [3.8, 4) is 0 Å². The number of allylic oxidation sites excluding steroid dienone is 1. The highest BCUT2D eigenvalue weighted by Crippen LogP contribution is 2.32. The number of nitrogens with one attached hydrogen (secondary N) is 2. The first kappa shape index (κ1) is 21.9. The highest BCUT2D eigenvalue weighted by molar-refractivity contribution is 5.89. The standard InChI is InChI=1S/C20H20F4N4O/c1-3-12-28(4-2)18-7-5-6-14(26-18)10-11-25-19(29)27-15-8-9-17(21)16(13-15)20(22,23)24/h3-9,12-13H,2,10-11H2,1H3,(H2,25,27,29). The number of rotatable bonds is 7. The zero-order valence-corrected chi connectivity index (χ0v) is 15.6. The van der Waals surface area contributed by atoms with Crippen LogP contribution in [0.2, 0.25) is 0 Å². The summed E-state index contributed by atoms with van der Waals surface area (Å²) >= 11 is 0. The van der Waals surface area contributed by atoms with Crippen molar-refractivity contribution < 1.29 is 22.4 Å². The molecule has 0 unspecified atom stereocenters. The van der Waals surface area contributed by atoms with Gasteiger partial charge >= 0.3 is 12.2 Å². The fourth-order valence-electron chi connectivity index (χ4n) is 2.44. The first-order valence-electron chi connectivity index (χ1n) is 8.66. The van der Waals surface area contributed by atoms with Crippen LogP contribution in [0.4, 0.5) is 33.9 Å². The van der Waals surface area contributed by atoms with Crippen LogP contribution >= 0.6 is 0 Å². The third kappa shape index (κ3) is 6.34. The summed E-state index contributed by atoms with van der Waals surface area (Å²) in [5.41, 5.74) is -0.895. The van der Waals surface area contributed by atoms with Crippen molar-refractivity contribution in [1.82, 2.24) is 10.3 Å². The molecular formula is C20H20F4N4O. The van der Waals surface area contributed by atoms with E-state index in [1.54, 1.807) is 29.4 Å². The van der Waals surface area contributed by atoms with Gasteiger partial charge < -0.3 is 15.5 Å². The van der Waals surface area contributed by atoms with Crippen molar-refractivity contribution in [2.45, 2.75) is 19.5 Å². The van der Waals surface area contributed by atoms with E-state index in [0.29, 0.717) is 30.1 Å². The van der Waals surface area contributed by atoms with Crippen molar-refractivity contribution in [3.63, 3.8) is 0 Å². The Morgan fingerprint density at radius 3 is 2.69 bits per heavy atom. The molecule has 0 saturated heterocycles. The number of hydrogen-bond acceptors (Lipinski definition) is 3. The summed E-state index contributed by atoms with van der Waals surface area (Å²) < 4.78 is 51.5. The summed E-state index contributed by atoms with van der Waals surface area (Å²) in [6.45, 7) is 5.78. The van der Waals surface area contributed by atoms with Gasteiger partial charge in [0.1, 0.15) is 11.6 Å². The van der Waals surface area contributed by atoms with Gasteiger partial charge in [0, 0.05) is 36.7 Å². The van der Waals surface area contributed by atoms with E-state index in [9.17, 15) is 22.4 Å². The van der Waals surface area contributed by atoms with Gasteiger partial charge in [0.2, 0.25) is 0 Å². The Balaban J connectivity index is 1.93. The molecule has 9 heteroatoms. The highest BCUT2D eigenvalue weighted by atomic mass is 19.4. The van der Waals surface area contributed by atoms with Crippen molar-refractivity contribution >= 4 is 17.5 Å². The minimum absolute atomic E-state index is 0.163. The van der Waals surface area contributed by atoms with E-state index in [0.717, 1.165) is 6.07 Å². The van der Waals surface area contributed by atoms with E-state index < -0.39 is 23.6 Å². The van der Waals surface area contributed by atoms with Gasteiger partial charge in [-0.2, -0.15) is 13.2 Å². The van der Waals surface area contributed by atoms with Gasteiger partial charge in [-0.05, 0) is 37.3 Å². The number of amides is 2. The van der Waals surface area contributed by atoms with Crippen LogP contribution in [0.3, 0.4) is 0 Å². The molecule has 1 aromatic heterocycles. The second-order valence-electron chi connectivity index (χ2n) is 5.88. The summed E-state index contributed by atoms with van der Waals surface area (Å²) in [6.07, 6.45) is 0.792. The minimum Gasteiger partial charge on any atom is -0.337 e. The minimum atomic E-state index is -4.85.